The van der Waals surface area contributed by atoms with E-state index in [1.165, 1.54) is 5.56 Å². The van der Waals surface area contributed by atoms with Gasteiger partial charge in [0.15, 0.2) is 5.96 Å². The zero-order valence-electron chi connectivity index (χ0n) is 12.8. The van der Waals surface area contributed by atoms with Crippen LogP contribution in [0.4, 0.5) is 0 Å². The molecule has 0 radical (unpaired) electrons. The van der Waals surface area contributed by atoms with Gasteiger partial charge in [0, 0.05) is 19.1 Å². The number of aliphatic imine (C=N–C) groups is 1. The zero-order valence-corrected chi connectivity index (χ0v) is 15.1. The van der Waals surface area contributed by atoms with Crippen molar-refractivity contribution in [2.24, 2.45) is 4.99 Å². The molecule has 0 heterocycles. The van der Waals surface area contributed by atoms with E-state index in [1.54, 1.807) is 7.05 Å². The molecule has 0 spiro atoms. The largest absolute Gasteiger partial charge is 0.375 e. The molecule has 0 aliphatic carbocycles. The van der Waals surface area contributed by atoms with Crippen LogP contribution in [0.2, 0.25) is 0 Å². The Kier molecular flexibility index (Phi) is 9.58. The molecule has 5 heteroatoms. The quantitative estimate of drug-likeness (QED) is 0.351. The van der Waals surface area contributed by atoms with Crippen molar-refractivity contribution in [1.29, 1.82) is 0 Å². The van der Waals surface area contributed by atoms with Crippen LogP contribution in [0.1, 0.15) is 26.3 Å². The Morgan fingerprint density at radius 1 is 1.20 bits per heavy atom. The van der Waals surface area contributed by atoms with Gasteiger partial charge in [-0.3, -0.25) is 4.99 Å². The zero-order chi connectivity index (χ0) is 14.1. The third kappa shape index (κ3) is 9.14. The van der Waals surface area contributed by atoms with Crippen LogP contribution in [-0.2, 0) is 11.3 Å². The van der Waals surface area contributed by atoms with Crippen LogP contribution >= 0.6 is 24.0 Å². The van der Waals surface area contributed by atoms with Gasteiger partial charge in [0.05, 0.1) is 13.2 Å². The summed E-state index contributed by atoms with van der Waals surface area (Å²) in [6.07, 6.45) is 0. The van der Waals surface area contributed by atoms with Gasteiger partial charge in [-0.2, -0.15) is 0 Å². The summed E-state index contributed by atoms with van der Waals surface area (Å²) in [5.41, 5.74) is 1.20. The second-order valence-corrected chi connectivity index (χ2v) is 5.41. The normalized spacial score (nSPS) is 11.7. The van der Waals surface area contributed by atoms with Crippen molar-refractivity contribution in [3.63, 3.8) is 0 Å². The Hall–Kier alpha value is -0.820. The van der Waals surface area contributed by atoms with Gasteiger partial charge < -0.3 is 15.4 Å². The summed E-state index contributed by atoms with van der Waals surface area (Å²) in [5.74, 6) is 0.802. The minimum atomic E-state index is 0. The summed E-state index contributed by atoms with van der Waals surface area (Å²) in [6.45, 7) is 8.35. The van der Waals surface area contributed by atoms with E-state index < -0.39 is 0 Å². The van der Waals surface area contributed by atoms with Gasteiger partial charge in [0.25, 0.3) is 0 Å². The molecular weight excluding hydrogens is 365 g/mol. The van der Waals surface area contributed by atoms with Gasteiger partial charge in [0.2, 0.25) is 0 Å². The fourth-order valence-corrected chi connectivity index (χ4v) is 1.54. The highest BCUT2D eigenvalue weighted by Gasteiger charge is 2.10. The number of hydrogen-bond donors (Lipinski definition) is 2. The van der Waals surface area contributed by atoms with Gasteiger partial charge >= 0.3 is 0 Å². The standard InChI is InChI=1S/C15H25N3O.HI/c1-15(2,3)18-14(16-4)17-10-11-19-12-13-8-6-5-7-9-13;/h5-9H,10-12H2,1-4H3,(H2,16,17,18);1H. The van der Waals surface area contributed by atoms with Crippen LogP contribution < -0.4 is 10.6 Å². The lowest BCUT2D eigenvalue weighted by molar-refractivity contribution is 0.125. The number of hydrogen-bond acceptors (Lipinski definition) is 2. The first kappa shape index (κ1) is 19.2. The second kappa shape index (κ2) is 9.99. The van der Waals surface area contributed by atoms with Crippen LogP contribution in [0.15, 0.2) is 35.3 Å². The Morgan fingerprint density at radius 2 is 1.85 bits per heavy atom. The topological polar surface area (TPSA) is 45.7 Å². The van der Waals surface area contributed by atoms with E-state index in [-0.39, 0.29) is 29.5 Å². The van der Waals surface area contributed by atoms with Crippen molar-refractivity contribution in [1.82, 2.24) is 10.6 Å². The highest BCUT2D eigenvalue weighted by atomic mass is 127. The number of ether oxygens (including phenoxy) is 1. The van der Waals surface area contributed by atoms with Gasteiger partial charge in [-0.15, -0.1) is 24.0 Å². The molecule has 0 fully saturated rings. The third-order valence-corrected chi connectivity index (χ3v) is 2.37. The van der Waals surface area contributed by atoms with E-state index in [0.29, 0.717) is 13.2 Å². The summed E-state index contributed by atoms with van der Waals surface area (Å²) in [5, 5.41) is 6.52. The average Bonchev–Trinajstić information content (AvgIpc) is 2.37. The molecule has 4 nitrogen and oxygen atoms in total. The van der Waals surface area contributed by atoms with Crippen LogP contribution in [0.25, 0.3) is 0 Å². The number of nitrogens with zero attached hydrogens (tertiary/aromatic N) is 1. The van der Waals surface area contributed by atoms with Crippen molar-refractivity contribution < 1.29 is 4.74 Å². The van der Waals surface area contributed by atoms with Crippen molar-refractivity contribution in [2.45, 2.75) is 32.9 Å². The molecule has 0 amide bonds. The minimum absolute atomic E-state index is 0. The third-order valence-electron chi connectivity index (χ3n) is 2.37. The van der Waals surface area contributed by atoms with Gasteiger partial charge in [-0.1, -0.05) is 30.3 Å². The molecule has 1 rings (SSSR count). The highest BCUT2D eigenvalue weighted by Crippen LogP contribution is 2.00. The molecule has 0 bridgehead atoms. The van der Waals surface area contributed by atoms with E-state index >= 15 is 0 Å². The van der Waals surface area contributed by atoms with Gasteiger partial charge in [-0.05, 0) is 26.3 Å². The van der Waals surface area contributed by atoms with Crippen LogP contribution in [0.5, 0.6) is 0 Å². The molecule has 0 aromatic heterocycles. The Bertz CT molecular complexity index is 388. The van der Waals surface area contributed by atoms with E-state index in [9.17, 15) is 0 Å². The molecule has 1 aromatic rings. The molecule has 114 valence electrons. The fourth-order valence-electron chi connectivity index (χ4n) is 1.54. The number of guanidine groups is 1. The number of halogens is 1. The lowest BCUT2D eigenvalue weighted by Crippen LogP contribution is -2.48. The smallest absolute Gasteiger partial charge is 0.191 e. The lowest BCUT2D eigenvalue weighted by atomic mass is 10.1. The van der Waals surface area contributed by atoms with Crippen molar-refractivity contribution in [3.8, 4) is 0 Å². The monoisotopic (exact) mass is 391 g/mol. The van der Waals surface area contributed by atoms with E-state index in [0.717, 1.165) is 12.5 Å². The molecule has 0 saturated heterocycles. The minimum Gasteiger partial charge on any atom is -0.375 e. The highest BCUT2D eigenvalue weighted by molar-refractivity contribution is 14.0. The predicted molar refractivity (Wildman–Crippen MR) is 95.8 cm³/mol. The molecule has 1 aromatic carbocycles. The van der Waals surface area contributed by atoms with Gasteiger partial charge in [-0.25, -0.2) is 0 Å². The molecule has 0 aliphatic heterocycles. The average molecular weight is 391 g/mol. The maximum absolute atomic E-state index is 5.60. The number of nitrogens with one attached hydrogen (secondary N) is 2. The van der Waals surface area contributed by atoms with E-state index in [1.807, 2.05) is 18.2 Å². The first-order valence-corrected chi connectivity index (χ1v) is 6.62. The van der Waals surface area contributed by atoms with Crippen molar-refractivity contribution >= 4 is 29.9 Å². The lowest BCUT2D eigenvalue weighted by Gasteiger charge is -2.23. The first-order chi connectivity index (χ1) is 9.01. The molecule has 0 saturated carbocycles. The number of rotatable bonds is 5. The summed E-state index contributed by atoms with van der Waals surface area (Å²) in [7, 11) is 1.77. The van der Waals surface area contributed by atoms with Crippen LogP contribution in [-0.4, -0.2) is 31.7 Å². The molecule has 0 unspecified atom stereocenters. The summed E-state index contributed by atoms with van der Waals surface area (Å²) >= 11 is 0. The molecule has 20 heavy (non-hydrogen) atoms. The van der Waals surface area contributed by atoms with E-state index in [2.05, 4.69) is 48.5 Å². The van der Waals surface area contributed by atoms with E-state index in [4.69, 9.17) is 4.74 Å². The summed E-state index contributed by atoms with van der Waals surface area (Å²) in [6, 6.07) is 10.2. The SMILES string of the molecule is CN=C(NCCOCc1ccccc1)NC(C)(C)C.I. The maximum atomic E-state index is 5.60. The Labute approximate surface area is 139 Å². The molecule has 0 aliphatic rings. The molecular formula is C15H26IN3O. The van der Waals surface area contributed by atoms with Crippen molar-refractivity contribution in [3.05, 3.63) is 35.9 Å². The Balaban J connectivity index is 0.00000361. The molecule has 0 atom stereocenters. The first-order valence-electron chi connectivity index (χ1n) is 6.62. The Morgan fingerprint density at radius 3 is 2.40 bits per heavy atom. The number of benzene rings is 1. The fraction of sp³-hybridized carbons (Fsp3) is 0.533. The predicted octanol–water partition coefficient (Wildman–Crippen LogP) is 2.78. The second-order valence-electron chi connectivity index (χ2n) is 5.41. The van der Waals surface area contributed by atoms with Crippen LogP contribution in [0.3, 0.4) is 0 Å². The maximum Gasteiger partial charge on any atom is 0.191 e. The summed E-state index contributed by atoms with van der Waals surface area (Å²) < 4.78 is 5.60. The van der Waals surface area contributed by atoms with Gasteiger partial charge in [0.1, 0.15) is 0 Å². The molecule has 2 N–H and O–H groups in total. The summed E-state index contributed by atoms with van der Waals surface area (Å²) in [4.78, 5) is 4.17. The van der Waals surface area contributed by atoms with Crippen LogP contribution in [0, 0.1) is 0 Å². The van der Waals surface area contributed by atoms with Crippen molar-refractivity contribution in [2.75, 3.05) is 20.2 Å².